The van der Waals surface area contributed by atoms with Gasteiger partial charge in [-0.05, 0) is 68.5 Å². The molecule has 0 bridgehead atoms. The highest BCUT2D eigenvalue weighted by molar-refractivity contribution is 8.00. The van der Waals surface area contributed by atoms with Crippen LogP contribution in [0.5, 0.6) is 0 Å². The summed E-state index contributed by atoms with van der Waals surface area (Å²) >= 11 is 4.17. The summed E-state index contributed by atoms with van der Waals surface area (Å²) in [7, 11) is 0. The van der Waals surface area contributed by atoms with Crippen LogP contribution < -0.4 is 10.6 Å². The molecule has 3 heterocycles. The van der Waals surface area contributed by atoms with Crippen LogP contribution in [0.25, 0.3) is 0 Å². The van der Waals surface area contributed by atoms with Crippen molar-refractivity contribution in [2.75, 3.05) is 11.9 Å². The topological polar surface area (TPSA) is 115 Å². The fourth-order valence-electron chi connectivity index (χ4n) is 4.98. The lowest BCUT2D eigenvalue weighted by molar-refractivity contribution is -0.115. The fraction of sp³-hybridized carbons (Fsp3) is 0.387. The van der Waals surface area contributed by atoms with Gasteiger partial charge in [-0.3, -0.25) is 9.59 Å². The zero-order valence-corrected chi connectivity index (χ0v) is 26.7. The molecule has 9 nitrogen and oxygen atoms in total. The van der Waals surface area contributed by atoms with Crippen LogP contribution in [0.4, 0.5) is 5.00 Å². The van der Waals surface area contributed by atoms with Crippen LogP contribution in [0.3, 0.4) is 0 Å². The number of thioether (sulfide) groups is 1. The number of hydrogen-bond donors (Lipinski definition) is 2. The van der Waals surface area contributed by atoms with E-state index in [2.05, 4.69) is 33.0 Å². The minimum absolute atomic E-state index is 0.165. The highest BCUT2D eigenvalue weighted by Crippen LogP contribution is 2.38. The molecular weight excluding hydrogens is 603 g/mol. The number of thiophene rings is 2. The minimum Gasteiger partial charge on any atom is -0.462 e. The Morgan fingerprint density at radius 2 is 1.88 bits per heavy atom. The van der Waals surface area contributed by atoms with Crippen LogP contribution in [0.1, 0.15) is 75.0 Å². The van der Waals surface area contributed by atoms with Gasteiger partial charge in [-0.1, -0.05) is 54.6 Å². The van der Waals surface area contributed by atoms with Crippen molar-refractivity contribution in [2.45, 2.75) is 75.9 Å². The second-order valence-electron chi connectivity index (χ2n) is 10.2. The Kier molecular flexibility index (Phi) is 10.7. The summed E-state index contributed by atoms with van der Waals surface area (Å²) in [6.45, 7) is 4.68. The van der Waals surface area contributed by atoms with Crippen LogP contribution in [-0.4, -0.2) is 44.4 Å². The molecule has 2 amide bonds. The van der Waals surface area contributed by atoms with E-state index in [-0.39, 0.29) is 30.9 Å². The van der Waals surface area contributed by atoms with Crippen molar-refractivity contribution in [2.24, 2.45) is 0 Å². The molecule has 3 aromatic heterocycles. The average molecular weight is 638 g/mol. The molecule has 12 heteroatoms. The van der Waals surface area contributed by atoms with Gasteiger partial charge in [0.05, 0.1) is 28.8 Å². The van der Waals surface area contributed by atoms with Gasteiger partial charge >= 0.3 is 5.97 Å². The van der Waals surface area contributed by atoms with Gasteiger partial charge < -0.3 is 19.9 Å². The van der Waals surface area contributed by atoms with E-state index in [1.165, 1.54) is 34.4 Å². The summed E-state index contributed by atoms with van der Waals surface area (Å²) in [5.74, 6) is -0.159. The van der Waals surface area contributed by atoms with Gasteiger partial charge in [0, 0.05) is 11.4 Å². The summed E-state index contributed by atoms with van der Waals surface area (Å²) in [5, 5.41) is 17.2. The fourth-order valence-corrected chi connectivity index (χ4v) is 7.79. The Labute approximate surface area is 263 Å². The SMILES string of the molecule is CCOC(=O)c1c(NC(=O)[C@@H](C)Sc2nnc(CNC(=O)c3cccs3)n2CCc2ccccc2)sc2c1CCCCC2. The molecular formula is C31H35N5O4S3. The number of nitrogens with zero attached hydrogens (tertiary/aromatic N) is 3. The van der Waals surface area contributed by atoms with Crippen LogP contribution >= 0.6 is 34.4 Å². The number of aryl methyl sites for hydroxylation is 2. The number of ether oxygens (including phenoxy) is 1. The largest absolute Gasteiger partial charge is 0.462 e. The van der Waals surface area contributed by atoms with E-state index in [0.717, 1.165) is 54.5 Å². The van der Waals surface area contributed by atoms with Crippen molar-refractivity contribution in [3.05, 3.63) is 80.1 Å². The number of rotatable bonds is 12. The third-order valence-electron chi connectivity index (χ3n) is 7.20. The van der Waals surface area contributed by atoms with Crippen molar-refractivity contribution in [1.29, 1.82) is 0 Å². The standard InChI is InChI=1S/C31H35N5O4S3/c1-3-40-30(39)26-22-13-8-5-9-14-23(22)43-29(26)33-27(37)20(2)42-31-35-34-25(19-32-28(38)24-15-10-18-41-24)36(31)17-16-21-11-6-4-7-12-21/h4,6-7,10-12,15,18,20H,3,5,8-9,13-14,16-17,19H2,1-2H3,(H,32,38)(H,33,37)/t20-/m1/s1. The summed E-state index contributed by atoms with van der Waals surface area (Å²) in [5.41, 5.74) is 2.69. The molecule has 0 saturated heterocycles. The van der Waals surface area contributed by atoms with Gasteiger partial charge in [-0.15, -0.1) is 32.9 Å². The monoisotopic (exact) mass is 637 g/mol. The van der Waals surface area contributed by atoms with Crippen molar-refractivity contribution in [3.8, 4) is 0 Å². The predicted molar refractivity (Wildman–Crippen MR) is 171 cm³/mol. The Morgan fingerprint density at radius 3 is 2.65 bits per heavy atom. The summed E-state index contributed by atoms with van der Waals surface area (Å²) in [4.78, 5) is 40.8. The van der Waals surface area contributed by atoms with E-state index in [1.807, 2.05) is 41.1 Å². The van der Waals surface area contributed by atoms with E-state index in [4.69, 9.17) is 4.74 Å². The second-order valence-corrected chi connectivity index (χ2v) is 13.5. The van der Waals surface area contributed by atoms with Gasteiger partial charge in [0.2, 0.25) is 5.91 Å². The first-order chi connectivity index (χ1) is 20.9. The van der Waals surface area contributed by atoms with Gasteiger partial charge in [-0.25, -0.2) is 4.79 Å². The molecule has 43 heavy (non-hydrogen) atoms. The van der Waals surface area contributed by atoms with Gasteiger partial charge in [0.1, 0.15) is 5.00 Å². The number of hydrogen-bond acceptors (Lipinski definition) is 9. The van der Waals surface area contributed by atoms with Gasteiger partial charge in [0.15, 0.2) is 11.0 Å². The number of fused-ring (bicyclic) bond motifs is 1. The van der Waals surface area contributed by atoms with E-state index in [0.29, 0.717) is 33.0 Å². The summed E-state index contributed by atoms with van der Waals surface area (Å²) in [6, 6.07) is 13.7. The lowest BCUT2D eigenvalue weighted by Crippen LogP contribution is -2.25. The number of anilines is 1. The van der Waals surface area contributed by atoms with Crippen molar-refractivity contribution < 1.29 is 19.1 Å². The number of amides is 2. The molecule has 1 aliphatic rings. The van der Waals surface area contributed by atoms with Crippen molar-refractivity contribution in [3.63, 3.8) is 0 Å². The van der Waals surface area contributed by atoms with Crippen molar-refractivity contribution >= 4 is 57.2 Å². The van der Waals surface area contributed by atoms with E-state index < -0.39 is 5.25 Å². The molecule has 2 N–H and O–H groups in total. The molecule has 1 atom stereocenters. The number of benzene rings is 1. The Bertz CT molecular complexity index is 1550. The Balaban J connectivity index is 1.32. The lowest BCUT2D eigenvalue weighted by atomic mass is 10.1. The quantitative estimate of drug-likeness (QED) is 0.109. The molecule has 0 fully saturated rings. The summed E-state index contributed by atoms with van der Waals surface area (Å²) < 4.78 is 7.34. The third kappa shape index (κ3) is 7.73. The van der Waals surface area contributed by atoms with E-state index >= 15 is 0 Å². The Hall–Kier alpha value is -3.48. The number of carbonyl (C=O) groups excluding carboxylic acids is 3. The molecule has 0 aliphatic heterocycles. The Morgan fingerprint density at radius 1 is 1.07 bits per heavy atom. The molecule has 0 unspecified atom stereocenters. The number of nitrogens with one attached hydrogen (secondary N) is 2. The second kappa shape index (κ2) is 14.8. The van der Waals surface area contributed by atoms with Crippen molar-refractivity contribution in [1.82, 2.24) is 20.1 Å². The maximum Gasteiger partial charge on any atom is 0.341 e. The molecule has 4 aromatic rings. The van der Waals surface area contributed by atoms with E-state index in [9.17, 15) is 14.4 Å². The van der Waals surface area contributed by atoms with Crippen LogP contribution in [-0.2, 0) is 41.9 Å². The first-order valence-electron chi connectivity index (χ1n) is 14.5. The maximum atomic E-state index is 13.5. The molecule has 5 rings (SSSR count). The maximum absolute atomic E-state index is 13.5. The van der Waals surface area contributed by atoms with Crippen LogP contribution in [0.2, 0.25) is 0 Å². The zero-order valence-electron chi connectivity index (χ0n) is 24.3. The molecule has 1 aromatic carbocycles. The molecule has 0 spiro atoms. The zero-order chi connectivity index (χ0) is 30.2. The van der Waals surface area contributed by atoms with Crippen LogP contribution in [0, 0.1) is 0 Å². The average Bonchev–Trinajstić information content (AvgIpc) is 3.72. The first-order valence-corrected chi connectivity index (χ1v) is 17.1. The highest BCUT2D eigenvalue weighted by Gasteiger charge is 2.28. The molecule has 0 radical (unpaired) electrons. The van der Waals surface area contributed by atoms with Gasteiger partial charge in [-0.2, -0.15) is 0 Å². The predicted octanol–water partition coefficient (Wildman–Crippen LogP) is 6.14. The summed E-state index contributed by atoms with van der Waals surface area (Å²) in [6.07, 6.45) is 5.68. The third-order valence-corrected chi connectivity index (χ3v) is 10.4. The lowest BCUT2D eigenvalue weighted by Gasteiger charge is -2.14. The van der Waals surface area contributed by atoms with Gasteiger partial charge in [0.25, 0.3) is 5.91 Å². The normalized spacial score (nSPS) is 13.5. The number of carbonyl (C=O) groups is 3. The highest BCUT2D eigenvalue weighted by atomic mass is 32.2. The molecule has 226 valence electrons. The molecule has 1 aliphatic carbocycles. The number of aromatic nitrogens is 3. The number of esters is 1. The van der Waals surface area contributed by atoms with Crippen LogP contribution in [0.15, 0.2) is 53.0 Å². The minimum atomic E-state index is -0.523. The van der Waals surface area contributed by atoms with E-state index in [1.54, 1.807) is 13.0 Å². The first kappa shape index (κ1) is 31.0. The smallest absolute Gasteiger partial charge is 0.341 e. The molecule has 0 saturated carbocycles.